The second kappa shape index (κ2) is 7.76. The Morgan fingerprint density at radius 3 is 2.76 bits per heavy atom. The summed E-state index contributed by atoms with van der Waals surface area (Å²) in [5.41, 5.74) is 3.13. The third-order valence-corrected chi connectivity index (χ3v) is 4.51. The average Bonchev–Trinajstić information content (AvgIpc) is 3.07. The Morgan fingerprint density at radius 2 is 2.00 bits per heavy atom. The SMILES string of the molecule is Cc1ccc(CSc2nncn2/N=C/c2ccccc2C(=O)O)cc1. The molecule has 0 fully saturated rings. The number of benzene rings is 2. The number of carboxylic acid groups (broad SMARTS) is 1. The molecule has 2 aromatic carbocycles. The van der Waals surface area contributed by atoms with E-state index in [1.165, 1.54) is 40.1 Å². The maximum Gasteiger partial charge on any atom is 0.336 e. The molecule has 3 rings (SSSR count). The van der Waals surface area contributed by atoms with Crippen molar-refractivity contribution in [2.45, 2.75) is 17.8 Å². The minimum Gasteiger partial charge on any atom is -0.478 e. The predicted molar refractivity (Wildman–Crippen MR) is 97.2 cm³/mol. The Labute approximate surface area is 149 Å². The lowest BCUT2D eigenvalue weighted by atomic mass is 10.1. The van der Waals surface area contributed by atoms with Crippen molar-refractivity contribution in [3.8, 4) is 0 Å². The third-order valence-electron chi connectivity index (χ3n) is 3.50. The molecule has 1 N–H and O–H groups in total. The molecule has 25 heavy (non-hydrogen) atoms. The van der Waals surface area contributed by atoms with Crippen molar-refractivity contribution in [1.29, 1.82) is 0 Å². The Kier molecular flexibility index (Phi) is 5.25. The highest BCUT2D eigenvalue weighted by atomic mass is 32.2. The molecular weight excluding hydrogens is 336 g/mol. The monoisotopic (exact) mass is 352 g/mol. The standard InChI is InChI=1S/C18H16N4O2S/c1-13-6-8-14(9-7-13)11-25-18-21-19-12-22(18)20-10-15-4-2-3-5-16(15)17(23)24/h2-10,12H,11H2,1H3,(H,23,24)/b20-10+. The fourth-order valence-electron chi connectivity index (χ4n) is 2.15. The van der Waals surface area contributed by atoms with E-state index < -0.39 is 5.97 Å². The summed E-state index contributed by atoms with van der Waals surface area (Å²) in [5, 5.41) is 22.1. The minimum absolute atomic E-state index is 0.202. The summed E-state index contributed by atoms with van der Waals surface area (Å²) in [6.07, 6.45) is 3.00. The minimum atomic E-state index is -0.986. The van der Waals surface area contributed by atoms with E-state index in [1.54, 1.807) is 24.3 Å². The lowest BCUT2D eigenvalue weighted by Gasteiger charge is -2.03. The molecule has 0 aliphatic rings. The van der Waals surface area contributed by atoms with Crippen LogP contribution in [-0.4, -0.2) is 32.2 Å². The second-order valence-electron chi connectivity index (χ2n) is 5.37. The van der Waals surface area contributed by atoms with Crippen LogP contribution < -0.4 is 0 Å². The van der Waals surface area contributed by atoms with Gasteiger partial charge in [-0.1, -0.05) is 59.8 Å². The number of nitrogens with zero attached hydrogens (tertiary/aromatic N) is 4. The lowest BCUT2D eigenvalue weighted by Crippen LogP contribution is -2.02. The summed E-state index contributed by atoms with van der Waals surface area (Å²) in [4.78, 5) is 11.2. The van der Waals surface area contributed by atoms with Gasteiger partial charge in [-0.25, -0.2) is 4.79 Å². The summed E-state index contributed by atoms with van der Waals surface area (Å²) in [5.74, 6) is -0.236. The first-order chi connectivity index (χ1) is 12.1. The number of carbonyl (C=O) groups is 1. The van der Waals surface area contributed by atoms with E-state index in [4.69, 9.17) is 0 Å². The van der Waals surface area contributed by atoms with Crippen LogP contribution >= 0.6 is 11.8 Å². The number of hydrogen-bond acceptors (Lipinski definition) is 5. The number of carboxylic acids is 1. The Hall–Kier alpha value is -2.93. The van der Waals surface area contributed by atoms with Crippen LogP contribution in [0.3, 0.4) is 0 Å². The van der Waals surface area contributed by atoms with E-state index in [9.17, 15) is 9.90 Å². The quantitative estimate of drug-likeness (QED) is 0.543. The zero-order valence-electron chi connectivity index (χ0n) is 13.5. The van der Waals surface area contributed by atoms with Gasteiger partial charge in [-0.2, -0.15) is 9.78 Å². The molecule has 0 spiro atoms. The highest BCUT2D eigenvalue weighted by Gasteiger charge is 2.08. The van der Waals surface area contributed by atoms with E-state index in [-0.39, 0.29) is 5.56 Å². The van der Waals surface area contributed by atoms with Crippen molar-refractivity contribution in [3.63, 3.8) is 0 Å². The molecule has 0 amide bonds. The summed E-state index contributed by atoms with van der Waals surface area (Å²) >= 11 is 1.52. The van der Waals surface area contributed by atoms with Crippen LogP contribution in [0.4, 0.5) is 0 Å². The van der Waals surface area contributed by atoms with Gasteiger partial charge >= 0.3 is 5.97 Å². The second-order valence-corrected chi connectivity index (χ2v) is 6.31. The highest BCUT2D eigenvalue weighted by molar-refractivity contribution is 7.98. The van der Waals surface area contributed by atoms with Gasteiger partial charge in [0.25, 0.3) is 0 Å². The summed E-state index contributed by atoms with van der Waals surface area (Å²) in [6.45, 7) is 2.05. The van der Waals surface area contributed by atoms with Gasteiger partial charge in [0.15, 0.2) is 0 Å². The zero-order valence-corrected chi connectivity index (χ0v) is 14.3. The van der Waals surface area contributed by atoms with Gasteiger partial charge in [0.2, 0.25) is 5.16 Å². The van der Waals surface area contributed by atoms with Crippen LogP contribution in [-0.2, 0) is 5.75 Å². The smallest absolute Gasteiger partial charge is 0.336 e. The summed E-state index contributed by atoms with van der Waals surface area (Å²) in [7, 11) is 0. The molecule has 0 atom stereocenters. The Bertz CT molecular complexity index is 903. The molecule has 6 nitrogen and oxygen atoms in total. The summed E-state index contributed by atoms with van der Waals surface area (Å²) < 4.78 is 1.54. The molecule has 126 valence electrons. The van der Waals surface area contributed by atoms with Crippen LogP contribution in [0.2, 0.25) is 0 Å². The first-order valence-corrected chi connectivity index (χ1v) is 8.57. The molecule has 0 unspecified atom stereocenters. The number of thioether (sulfide) groups is 1. The van der Waals surface area contributed by atoms with Crippen LogP contribution in [0.1, 0.15) is 27.0 Å². The van der Waals surface area contributed by atoms with Gasteiger partial charge < -0.3 is 5.11 Å². The van der Waals surface area contributed by atoms with Crippen molar-refractivity contribution in [2.24, 2.45) is 5.10 Å². The molecule has 1 heterocycles. The van der Waals surface area contributed by atoms with Gasteiger partial charge in [0, 0.05) is 11.3 Å². The summed E-state index contributed by atoms with van der Waals surface area (Å²) in [6, 6.07) is 15.0. The van der Waals surface area contributed by atoms with E-state index in [2.05, 4.69) is 46.5 Å². The molecule has 7 heteroatoms. The van der Waals surface area contributed by atoms with E-state index in [1.807, 2.05) is 0 Å². The Balaban J connectivity index is 1.73. The molecule has 3 aromatic rings. The van der Waals surface area contributed by atoms with Crippen molar-refractivity contribution in [2.75, 3.05) is 0 Å². The normalized spacial score (nSPS) is 11.1. The average molecular weight is 352 g/mol. The molecule has 0 aliphatic heterocycles. The fraction of sp³-hybridized carbons (Fsp3) is 0.111. The third kappa shape index (κ3) is 4.33. The molecule has 0 saturated carbocycles. The van der Waals surface area contributed by atoms with Gasteiger partial charge in [0.1, 0.15) is 6.33 Å². The number of aryl methyl sites for hydroxylation is 1. The Morgan fingerprint density at radius 1 is 1.24 bits per heavy atom. The topological polar surface area (TPSA) is 80.4 Å². The fourth-order valence-corrected chi connectivity index (χ4v) is 2.97. The van der Waals surface area contributed by atoms with Crippen LogP contribution in [0.15, 0.2) is 65.1 Å². The number of rotatable bonds is 6. The van der Waals surface area contributed by atoms with Crippen molar-refractivity contribution < 1.29 is 9.90 Å². The van der Waals surface area contributed by atoms with Crippen molar-refractivity contribution in [1.82, 2.24) is 14.9 Å². The molecular formula is C18H16N4O2S. The molecule has 0 bridgehead atoms. The maximum absolute atomic E-state index is 11.2. The molecule has 0 radical (unpaired) electrons. The first kappa shape index (κ1) is 16.9. The van der Waals surface area contributed by atoms with Crippen molar-refractivity contribution in [3.05, 3.63) is 77.1 Å². The van der Waals surface area contributed by atoms with E-state index >= 15 is 0 Å². The zero-order chi connectivity index (χ0) is 17.6. The van der Waals surface area contributed by atoms with E-state index in [0.29, 0.717) is 10.7 Å². The molecule has 0 saturated heterocycles. The number of aromatic nitrogens is 3. The number of aromatic carboxylic acids is 1. The van der Waals surface area contributed by atoms with Gasteiger partial charge in [-0.05, 0) is 18.6 Å². The van der Waals surface area contributed by atoms with Crippen LogP contribution in [0.5, 0.6) is 0 Å². The van der Waals surface area contributed by atoms with Gasteiger partial charge in [0.05, 0.1) is 11.8 Å². The molecule has 0 aliphatic carbocycles. The van der Waals surface area contributed by atoms with Gasteiger partial charge in [-0.15, -0.1) is 10.2 Å². The van der Waals surface area contributed by atoms with Crippen LogP contribution in [0, 0.1) is 6.92 Å². The largest absolute Gasteiger partial charge is 0.478 e. The maximum atomic E-state index is 11.2. The van der Waals surface area contributed by atoms with E-state index in [0.717, 1.165) is 5.75 Å². The van der Waals surface area contributed by atoms with Crippen molar-refractivity contribution >= 4 is 23.9 Å². The highest BCUT2D eigenvalue weighted by Crippen LogP contribution is 2.20. The van der Waals surface area contributed by atoms with Gasteiger partial charge in [-0.3, -0.25) is 0 Å². The molecule has 1 aromatic heterocycles. The predicted octanol–water partition coefficient (Wildman–Crippen LogP) is 3.46. The first-order valence-electron chi connectivity index (χ1n) is 7.58. The van der Waals surface area contributed by atoms with Crippen LogP contribution in [0.25, 0.3) is 0 Å². The lowest BCUT2D eigenvalue weighted by molar-refractivity contribution is 0.0697. The number of hydrogen-bond donors (Lipinski definition) is 1.